The number of carboxylic acids is 1. The van der Waals surface area contributed by atoms with Gasteiger partial charge in [-0.3, -0.25) is 4.79 Å². The van der Waals surface area contributed by atoms with E-state index in [0.717, 1.165) is 12.8 Å². The lowest BCUT2D eigenvalue weighted by Crippen LogP contribution is -2.52. The number of carbonyl (C=O) groups excluding carboxylic acids is 1. The lowest BCUT2D eigenvalue weighted by atomic mass is 9.86. The molecule has 1 saturated carbocycles. The summed E-state index contributed by atoms with van der Waals surface area (Å²) in [4.78, 5) is 26.4. The third-order valence-corrected chi connectivity index (χ3v) is 6.68. The van der Waals surface area contributed by atoms with Crippen molar-refractivity contribution >= 4 is 12.1 Å². The number of piperidine rings is 1. The van der Waals surface area contributed by atoms with E-state index in [1.54, 1.807) is 4.90 Å². The van der Waals surface area contributed by atoms with Crippen molar-refractivity contribution in [3.05, 3.63) is 59.7 Å². The van der Waals surface area contributed by atoms with E-state index in [9.17, 15) is 14.7 Å². The fourth-order valence-electron chi connectivity index (χ4n) is 5.20. The Bertz CT molecular complexity index is 906. The molecular formula is C24H25NO4. The molecule has 2 aromatic carbocycles. The Morgan fingerprint density at radius 2 is 1.59 bits per heavy atom. The van der Waals surface area contributed by atoms with Crippen LogP contribution < -0.4 is 0 Å². The smallest absolute Gasteiger partial charge is 0.410 e. The summed E-state index contributed by atoms with van der Waals surface area (Å²) in [6.07, 6.45) is 2.99. The first-order valence-corrected chi connectivity index (χ1v) is 10.5. The van der Waals surface area contributed by atoms with E-state index in [0.29, 0.717) is 25.3 Å². The lowest BCUT2D eigenvalue weighted by molar-refractivity contribution is -0.146. The van der Waals surface area contributed by atoms with Crippen LogP contribution in [0.1, 0.15) is 42.7 Å². The van der Waals surface area contributed by atoms with Crippen LogP contribution in [0.5, 0.6) is 0 Å². The number of benzene rings is 2. The Balaban J connectivity index is 1.35. The molecule has 2 fully saturated rings. The number of fused-ring (bicyclic) bond motifs is 3. The molecule has 2 atom stereocenters. The number of carbonyl (C=O) groups is 2. The third kappa shape index (κ3) is 3.18. The summed E-state index contributed by atoms with van der Waals surface area (Å²) in [5, 5.41) is 9.63. The fourth-order valence-corrected chi connectivity index (χ4v) is 5.20. The highest BCUT2D eigenvalue weighted by Crippen LogP contribution is 2.45. The van der Waals surface area contributed by atoms with E-state index in [-0.39, 0.29) is 24.7 Å². The van der Waals surface area contributed by atoms with Gasteiger partial charge in [0, 0.05) is 12.5 Å². The van der Waals surface area contributed by atoms with Crippen molar-refractivity contribution in [2.24, 2.45) is 11.8 Å². The van der Waals surface area contributed by atoms with Crippen LogP contribution in [0.25, 0.3) is 11.1 Å². The summed E-state index contributed by atoms with van der Waals surface area (Å²) in [7, 11) is 0. The van der Waals surface area contributed by atoms with Crippen LogP contribution in [0.15, 0.2) is 48.5 Å². The zero-order valence-electron chi connectivity index (χ0n) is 16.3. The van der Waals surface area contributed by atoms with E-state index in [4.69, 9.17) is 4.74 Å². The molecule has 1 saturated heterocycles. The monoisotopic (exact) mass is 391 g/mol. The molecule has 3 aliphatic rings. The second-order valence-electron chi connectivity index (χ2n) is 8.41. The minimum absolute atomic E-state index is 0.0192. The summed E-state index contributed by atoms with van der Waals surface area (Å²) >= 11 is 0. The second-order valence-corrected chi connectivity index (χ2v) is 8.41. The van der Waals surface area contributed by atoms with E-state index >= 15 is 0 Å². The standard InChI is InChI=1S/C24H25NO4/c26-23(27)20-10-5-13-25(22(20)15-11-12-15)24(28)29-14-21-18-8-3-1-6-16(18)17-7-2-4-9-19(17)21/h1-4,6-9,15,20-22H,5,10-14H2,(H,26,27)/t20-,22-/m0/s1. The topological polar surface area (TPSA) is 66.8 Å². The summed E-state index contributed by atoms with van der Waals surface area (Å²) in [5.41, 5.74) is 4.76. The molecule has 0 aromatic heterocycles. The number of amides is 1. The van der Waals surface area contributed by atoms with Crippen LogP contribution in [0, 0.1) is 11.8 Å². The Labute approximate surface area is 170 Å². The number of likely N-dealkylation sites (tertiary alicyclic amines) is 1. The molecule has 5 rings (SSSR count). The van der Waals surface area contributed by atoms with E-state index in [1.807, 2.05) is 24.3 Å². The molecule has 5 nitrogen and oxygen atoms in total. The normalized spacial score (nSPS) is 23.4. The summed E-state index contributed by atoms with van der Waals surface area (Å²) < 4.78 is 5.81. The van der Waals surface area contributed by atoms with Crippen molar-refractivity contribution in [3.63, 3.8) is 0 Å². The number of hydrogen-bond donors (Lipinski definition) is 1. The van der Waals surface area contributed by atoms with Gasteiger partial charge in [0.15, 0.2) is 0 Å². The Morgan fingerprint density at radius 3 is 2.17 bits per heavy atom. The van der Waals surface area contributed by atoms with Crippen LogP contribution in [0.2, 0.25) is 0 Å². The van der Waals surface area contributed by atoms with E-state index in [2.05, 4.69) is 24.3 Å². The highest BCUT2D eigenvalue weighted by molar-refractivity contribution is 5.79. The van der Waals surface area contributed by atoms with E-state index < -0.39 is 11.9 Å². The average Bonchev–Trinajstić information content (AvgIpc) is 3.54. The number of rotatable bonds is 4. The lowest BCUT2D eigenvalue weighted by Gasteiger charge is -2.39. The number of nitrogens with zero attached hydrogens (tertiary/aromatic N) is 1. The van der Waals surface area contributed by atoms with Crippen LogP contribution in [-0.4, -0.2) is 41.3 Å². The van der Waals surface area contributed by atoms with Crippen LogP contribution >= 0.6 is 0 Å². The molecule has 1 amide bonds. The minimum atomic E-state index is -0.793. The summed E-state index contributed by atoms with van der Waals surface area (Å²) in [6.45, 7) is 0.861. The highest BCUT2D eigenvalue weighted by Gasteiger charge is 2.47. The van der Waals surface area contributed by atoms with Crippen molar-refractivity contribution in [1.82, 2.24) is 4.90 Å². The van der Waals surface area contributed by atoms with Crippen LogP contribution in [-0.2, 0) is 9.53 Å². The van der Waals surface area contributed by atoms with Gasteiger partial charge in [-0.05, 0) is 53.9 Å². The molecule has 1 aliphatic heterocycles. The Hall–Kier alpha value is -2.82. The molecule has 1 heterocycles. The maximum Gasteiger partial charge on any atom is 0.410 e. The van der Waals surface area contributed by atoms with Gasteiger partial charge in [-0.1, -0.05) is 48.5 Å². The van der Waals surface area contributed by atoms with Crippen molar-refractivity contribution in [2.45, 2.75) is 37.6 Å². The first kappa shape index (κ1) is 18.2. The highest BCUT2D eigenvalue weighted by atomic mass is 16.6. The number of hydrogen-bond acceptors (Lipinski definition) is 3. The third-order valence-electron chi connectivity index (χ3n) is 6.68. The summed E-state index contributed by atoms with van der Waals surface area (Å²) in [5.74, 6) is -0.947. The molecule has 2 aliphatic carbocycles. The molecule has 0 spiro atoms. The maximum absolute atomic E-state index is 13.0. The molecular weight excluding hydrogens is 366 g/mol. The predicted octanol–water partition coefficient (Wildman–Crippen LogP) is 4.51. The van der Waals surface area contributed by atoms with Gasteiger partial charge in [-0.2, -0.15) is 0 Å². The van der Waals surface area contributed by atoms with Gasteiger partial charge in [-0.15, -0.1) is 0 Å². The minimum Gasteiger partial charge on any atom is -0.481 e. The van der Waals surface area contributed by atoms with Crippen LogP contribution in [0.4, 0.5) is 4.79 Å². The second kappa shape index (κ2) is 7.21. The SMILES string of the molecule is O=C(O)[C@H]1CCCN(C(=O)OCC2c3ccccc3-c3ccccc32)[C@H]1C1CC1. The van der Waals surface area contributed by atoms with Gasteiger partial charge in [0.25, 0.3) is 0 Å². The van der Waals surface area contributed by atoms with Gasteiger partial charge in [0.05, 0.1) is 12.0 Å². The van der Waals surface area contributed by atoms with Gasteiger partial charge in [0.2, 0.25) is 0 Å². The molecule has 0 bridgehead atoms. The first-order chi connectivity index (χ1) is 14.1. The molecule has 0 unspecified atom stereocenters. The first-order valence-electron chi connectivity index (χ1n) is 10.5. The number of carboxylic acid groups (broad SMARTS) is 1. The molecule has 29 heavy (non-hydrogen) atoms. The Kier molecular flexibility index (Phi) is 4.53. The molecule has 2 aromatic rings. The van der Waals surface area contributed by atoms with Crippen molar-refractivity contribution in [2.75, 3.05) is 13.2 Å². The van der Waals surface area contributed by atoms with Gasteiger partial charge in [-0.25, -0.2) is 4.79 Å². The predicted molar refractivity (Wildman–Crippen MR) is 109 cm³/mol. The number of aliphatic carboxylic acids is 1. The number of ether oxygens (including phenoxy) is 1. The molecule has 1 N–H and O–H groups in total. The zero-order valence-corrected chi connectivity index (χ0v) is 16.3. The molecule has 5 heteroatoms. The zero-order chi connectivity index (χ0) is 20.0. The van der Waals surface area contributed by atoms with E-state index in [1.165, 1.54) is 22.3 Å². The molecule has 150 valence electrons. The van der Waals surface area contributed by atoms with Crippen molar-refractivity contribution in [3.8, 4) is 11.1 Å². The van der Waals surface area contributed by atoms with Gasteiger partial charge in [0.1, 0.15) is 6.61 Å². The molecule has 0 radical (unpaired) electrons. The largest absolute Gasteiger partial charge is 0.481 e. The maximum atomic E-state index is 13.0. The summed E-state index contributed by atoms with van der Waals surface area (Å²) in [6, 6.07) is 16.3. The quantitative estimate of drug-likeness (QED) is 0.833. The van der Waals surface area contributed by atoms with Crippen LogP contribution in [0.3, 0.4) is 0 Å². The van der Waals surface area contributed by atoms with Gasteiger partial charge < -0.3 is 14.7 Å². The Morgan fingerprint density at radius 1 is 0.966 bits per heavy atom. The fraction of sp³-hybridized carbons (Fsp3) is 0.417. The average molecular weight is 391 g/mol. The van der Waals surface area contributed by atoms with Crippen molar-refractivity contribution in [1.29, 1.82) is 0 Å². The van der Waals surface area contributed by atoms with Crippen molar-refractivity contribution < 1.29 is 19.4 Å². The van der Waals surface area contributed by atoms with Gasteiger partial charge >= 0.3 is 12.1 Å².